The van der Waals surface area contributed by atoms with Crippen LogP contribution in [0.1, 0.15) is 25.6 Å². The number of anilines is 1. The summed E-state index contributed by atoms with van der Waals surface area (Å²) in [5.74, 6) is 1.41. The molecule has 0 aromatic carbocycles. The summed E-state index contributed by atoms with van der Waals surface area (Å²) in [6, 6.07) is 3.85. The van der Waals surface area contributed by atoms with Gasteiger partial charge in [-0.05, 0) is 28.1 Å². The number of aromatic nitrogens is 2. The molecule has 0 radical (unpaired) electrons. The number of nitrogens with two attached hydrogens (primary N) is 1. The Morgan fingerprint density at radius 3 is 2.79 bits per heavy atom. The summed E-state index contributed by atoms with van der Waals surface area (Å²) in [6.07, 6.45) is 1.91. The molecule has 0 atom stereocenters. The topological polar surface area (TPSA) is 43.3 Å². The second-order valence-electron chi connectivity index (χ2n) is 3.63. The molecule has 0 spiro atoms. The van der Waals surface area contributed by atoms with Gasteiger partial charge in [0.2, 0.25) is 0 Å². The molecule has 2 heterocycles. The van der Waals surface area contributed by atoms with E-state index in [1.165, 1.54) is 0 Å². The fourth-order valence-corrected chi connectivity index (χ4v) is 2.00. The zero-order valence-electron chi connectivity index (χ0n) is 8.16. The molecule has 14 heavy (non-hydrogen) atoms. The van der Waals surface area contributed by atoms with Crippen LogP contribution in [0.2, 0.25) is 0 Å². The third-order valence-electron chi connectivity index (χ3n) is 2.16. The predicted molar refractivity (Wildman–Crippen MR) is 61.4 cm³/mol. The quantitative estimate of drug-likeness (QED) is 0.850. The molecular formula is C10H12BrN3. The maximum atomic E-state index is 5.74. The molecule has 0 amide bonds. The van der Waals surface area contributed by atoms with Gasteiger partial charge in [0, 0.05) is 17.8 Å². The zero-order chi connectivity index (χ0) is 10.3. The van der Waals surface area contributed by atoms with E-state index >= 15 is 0 Å². The number of hydrogen-bond acceptors (Lipinski definition) is 2. The lowest BCUT2D eigenvalue weighted by molar-refractivity contribution is 0.769. The van der Waals surface area contributed by atoms with Crippen LogP contribution < -0.4 is 5.73 Å². The fourth-order valence-electron chi connectivity index (χ4n) is 1.49. The van der Waals surface area contributed by atoms with E-state index in [0.29, 0.717) is 5.92 Å². The van der Waals surface area contributed by atoms with Gasteiger partial charge in [-0.2, -0.15) is 0 Å². The van der Waals surface area contributed by atoms with Crippen LogP contribution in [0.25, 0.3) is 5.52 Å². The highest BCUT2D eigenvalue weighted by Gasteiger charge is 2.11. The van der Waals surface area contributed by atoms with Crippen molar-refractivity contribution >= 4 is 27.1 Å². The summed E-state index contributed by atoms with van der Waals surface area (Å²) in [5, 5.41) is 0. The molecule has 2 aromatic rings. The Labute approximate surface area is 91.1 Å². The molecule has 2 aromatic heterocycles. The van der Waals surface area contributed by atoms with Crippen LogP contribution in [0.4, 0.5) is 5.69 Å². The summed E-state index contributed by atoms with van der Waals surface area (Å²) in [6.45, 7) is 4.23. The van der Waals surface area contributed by atoms with Crippen LogP contribution in [0.3, 0.4) is 0 Å². The van der Waals surface area contributed by atoms with Crippen molar-refractivity contribution in [1.29, 1.82) is 0 Å². The average molecular weight is 254 g/mol. The first-order chi connectivity index (χ1) is 6.59. The summed E-state index contributed by atoms with van der Waals surface area (Å²) in [4.78, 5) is 4.45. The lowest BCUT2D eigenvalue weighted by Crippen LogP contribution is -1.98. The molecular weight excluding hydrogens is 242 g/mol. The minimum atomic E-state index is 0.385. The van der Waals surface area contributed by atoms with E-state index < -0.39 is 0 Å². The van der Waals surface area contributed by atoms with Crippen molar-refractivity contribution in [2.75, 3.05) is 5.73 Å². The molecule has 74 valence electrons. The number of fused-ring (bicyclic) bond motifs is 1. The third-order valence-corrected chi connectivity index (χ3v) is 2.74. The third kappa shape index (κ3) is 1.39. The van der Waals surface area contributed by atoms with Crippen molar-refractivity contribution in [3.63, 3.8) is 0 Å². The van der Waals surface area contributed by atoms with Crippen molar-refractivity contribution < 1.29 is 0 Å². The molecule has 0 saturated heterocycles. The lowest BCUT2D eigenvalue weighted by Gasteiger charge is -2.04. The van der Waals surface area contributed by atoms with Crippen LogP contribution in [0, 0.1) is 0 Å². The van der Waals surface area contributed by atoms with Gasteiger partial charge >= 0.3 is 0 Å². The highest BCUT2D eigenvalue weighted by Crippen LogP contribution is 2.24. The lowest BCUT2D eigenvalue weighted by atomic mass is 10.2. The number of hydrogen-bond donors (Lipinski definition) is 1. The van der Waals surface area contributed by atoms with E-state index in [1.54, 1.807) is 0 Å². The van der Waals surface area contributed by atoms with Crippen molar-refractivity contribution in [2.45, 2.75) is 19.8 Å². The van der Waals surface area contributed by atoms with E-state index in [1.807, 2.05) is 22.7 Å². The van der Waals surface area contributed by atoms with Crippen molar-refractivity contribution in [3.8, 4) is 0 Å². The first-order valence-electron chi connectivity index (χ1n) is 4.52. The fraction of sp³-hybridized carbons (Fsp3) is 0.300. The number of nitrogen functional groups attached to an aromatic ring is 1. The molecule has 0 aliphatic carbocycles. The molecule has 0 saturated carbocycles. The van der Waals surface area contributed by atoms with Gasteiger partial charge < -0.3 is 10.1 Å². The molecule has 0 aliphatic rings. The monoisotopic (exact) mass is 253 g/mol. The number of pyridine rings is 1. The summed E-state index contributed by atoms with van der Waals surface area (Å²) in [5.41, 5.74) is 7.55. The second-order valence-corrected chi connectivity index (χ2v) is 4.38. The first kappa shape index (κ1) is 9.52. The van der Waals surface area contributed by atoms with Gasteiger partial charge in [0.15, 0.2) is 0 Å². The number of imidazole rings is 1. The van der Waals surface area contributed by atoms with Gasteiger partial charge in [0.25, 0.3) is 0 Å². The van der Waals surface area contributed by atoms with E-state index in [9.17, 15) is 0 Å². The van der Waals surface area contributed by atoms with E-state index in [2.05, 4.69) is 34.8 Å². The smallest absolute Gasteiger partial charge is 0.132 e. The standard InChI is InChI=1S/C10H12BrN3/c1-6(2)10-13-9(11)8-4-3-7(12)5-14(8)10/h3-6H,12H2,1-2H3. The zero-order valence-corrected chi connectivity index (χ0v) is 9.75. The summed E-state index contributed by atoms with van der Waals surface area (Å²) < 4.78 is 2.91. The van der Waals surface area contributed by atoms with E-state index in [4.69, 9.17) is 5.73 Å². The summed E-state index contributed by atoms with van der Waals surface area (Å²) >= 11 is 3.44. The Morgan fingerprint density at radius 1 is 1.43 bits per heavy atom. The van der Waals surface area contributed by atoms with Gasteiger partial charge in [-0.15, -0.1) is 0 Å². The van der Waals surface area contributed by atoms with Crippen molar-refractivity contribution in [1.82, 2.24) is 9.38 Å². The van der Waals surface area contributed by atoms with Crippen molar-refractivity contribution in [3.05, 3.63) is 28.8 Å². The Balaban J connectivity index is 2.79. The minimum absolute atomic E-state index is 0.385. The van der Waals surface area contributed by atoms with E-state index in [-0.39, 0.29) is 0 Å². The van der Waals surface area contributed by atoms with Gasteiger partial charge in [-0.25, -0.2) is 4.98 Å². The maximum Gasteiger partial charge on any atom is 0.132 e. The number of rotatable bonds is 1. The Hall–Kier alpha value is -1.03. The SMILES string of the molecule is CC(C)c1nc(Br)c2ccc(N)cn12. The van der Waals surface area contributed by atoms with Crippen LogP contribution in [0.5, 0.6) is 0 Å². The maximum absolute atomic E-state index is 5.74. The molecule has 3 nitrogen and oxygen atoms in total. The molecule has 0 fully saturated rings. The minimum Gasteiger partial charge on any atom is -0.398 e. The molecule has 2 N–H and O–H groups in total. The van der Waals surface area contributed by atoms with Crippen LogP contribution in [-0.4, -0.2) is 9.38 Å². The van der Waals surface area contributed by atoms with Crippen LogP contribution >= 0.6 is 15.9 Å². The highest BCUT2D eigenvalue weighted by molar-refractivity contribution is 9.10. The van der Waals surface area contributed by atoms with Gasteiger partial charge in [-0.3, -0.25) is 0 Å². The van der Waals surface area contributed by atoms with Gasteiger partial charge in [0.05, 0.1) is 5.52 Å². The Bertz CT molecular complexity index is 473. The van der Waals surface area contributed by atoms with Crippen LogP contribution in [-0.2, 0) is 0 Å². The number of halogens is 1. The average Bonchev–Trinajstić information content (AvgIpc) is 2.43. The van der Waals surface area contributed by atoms with Gasteiger partial charge in [-0.1, -0.05) is 13.8 Å². The predicted octanol–water partition coefficient (Wildman–Crippen LogP) is 2.80. The Kier molecular flexibility index (Phi) is 2.23. The second kappa shape index (κ2) is 3.28. The first-order valence-corrected chi connectivity index (χ1v) is 5.32. The Morgan fingerprint density at radius 2 is 2.14 bits per heavy atom. The van der Waals surface area contributed by atoms with Crippen molar-refractivity contribution in [2.24, 2.45) is 0 Å². The largest absolute Gasteiger partial charge is 0.398 e. The van der Waals surface area contributed by atoms with E-state index in [0.717, 1.165) is 21.6 Å². The molecule has 0 aliphatic heterocycles. The highest BCUT2D eigenvalue weighted by atomic mass is 79.9. The molecule has 2 rings (SSSR count). The van der Waals surface area contributed by atoms with Crippen LogP contribution in [0.15, 0.2) is 22.9 Å². The molecule has 0 unspecified atom stereocenters. The van der Waals surface area contributed by atoms with Gasteiger partial charge in [0.1, 0.15) is 10.4 Å². The number of nitrogens with zero attached hydrogens (tertiary/aromatic N) is 2. The summed E-state index contributed by atoms with van der Waals surface area (Å²) in [7, 11) is 0. The normalized spacial score (nSPS) is 11.4. The molecule has 4 heteroatoms. The molecule has 0 bridgehead atoms.